The first-order valence-corrected chi connectivity index (χ1v) is 9.68. The highest BCUT2D eigenvalue weighted by Crippen LogP contribution is 2.16. The van der Waals surface area contributed by atoms with Crippen LogP contribution in [0.2, 0.25) is 0 Å². The van der Waals surface area contributed by atoms with Crippen molar-refractivity contribution in [3.05, 3.63) is 59.3 Å². The zero-order chi connectivity index (χ0) is 21.8. The van der Waals surface area contributed by atoms with Crippen molar-refractivity contribution >= 4 is 6.03 Å². The molecule has 1 aromatic carbocycles. The maximum absolute atomic E-state index is 12.1. The van der Waals surface area contributed by atoms with E-state index in [-0.39, 0.29) is 25.7 Å². The van der Waals surface area contributed by atoms with Gasteiger partial charge in [-0.05, 0) is 23.6 Å². The summed E-state index contributed by atoms with van der Waals surface area (Å²) in [6, 6.07) is 10.1. The van der Waals surface area contributed by atoms with Gasteiger partial charge in [0.25, 0.3) is 0 Å². The van der Waals surface area contributed by atoms with Crippen LogP contribution in [0.4, 0.5) is 18.0 Å². The molecular weight excluding hydrogens is 399 g/mol. The summed E-state index contributed by atoms with van der Waals surface area (Å²) in [6.07, 6.45) is -0.750. The lowest BCUT2D eigenvalue weighted by Crippen LogP contribution is -2.34. The van der Waals surface area contributed by atoms with E-state index in [9.17, 15) is 18.0 Å². The number of alkyl halides is 3. The molecule has 0 atom stereocenters. The summed E-state index contributed by atoms with van der Waals surface area (Å²) < 4.78 is 46.5. The van der Waals surface area contributed by atoms with E-state index in [4.69, 9.17) is 4.74 Å². The van der Waals surface area contributed by atoms with Crippen LogP contribution >= 0.6 is 0 Å². The summed E-state index contributed by atoms with van der Waals surface area (Å²) in [5.74, 6) is 0.509. The number of urea groups is 1. The predicted molar refractivity (Wildman–Crippen MR) is 106 cm³/mol. The van der Waals surface area contributed by atoms with E-state index in [1.165, 1.54) is 0 Å². The number of amides is 2. The maximum Gasteiger partial charge on any atom is 0.411 e. The van der Waals surface area contributed by atoms with Crippen molar-refractivity contribution in [1.82, 2.24) is 15.6 Å². The standard InChI is InChI=1S/C21H26F3N3O3/c1-2-3-11-30-19-18(5-4-10-25-19)13-27-20(28)26-12-16-6-8-17(9-7-16)14-29-15-21(22,23)24/h4-10H,2-3,11-15H2,1H3,(H2,26,27,28). The number of rotatable bonds is 11. The van der Waals surface area contributed by atoms with Gasteiger partial charge in [0.05, 0.1) is 13.2 Å². The molecule has 2 rings (SSSR count). The Morgan fingerprint density at radius 2 is 1.77 bits per heavy atom. The summed E-state index contributed by atoms with van der Waals surface area (Å²) in [4.78, 5) is 16.3. The number of aromatic nitrogens is 1. The maximum atomic E-state index is 12.1. The van der Waals surface area contributed by atoms with Gasteiger partial charge in [0.1, 0.15) is 6.61 Å². The Hall–Kier alpha value is -2.81. The Balaban J connectivity index is 1.73. The lowest BCUT2D eigenvalue weighted by molar-refractivity contribution is -0.176. The summed E-state index contributed by atoms with van der Waals surface area (Å²) in [6.45, 7) is 1.80. The monoisotopic (exact) mass is 425 g/mol. The van der Waals surface area contributed by atoms with Crippen molar-refractivity contribution < 1.29 is 27.4 Å². The molecule has 9 heteroatoms. The van der Waals surface area contributed by atoms with Gasteiger partial charge in [0.2, 0.25) is 5.88 Å². The van der Waals surface area contributed by atoms with Crippen molar-refractivity contribution in [2.75, 3.05) is 13.2 Å². The van der Waals surface area contributed by atoms with Crippen molar-refractivity contribution in [2.45, 2.75) is 45.6 Å². The van der Waals surface area contributed by atoms with Crippen molar-refractivity contribution in [3.8, 4) is 5.88 Å². The molecule has 0 saturated heterocycles. The molecule has 6 nitrogen and oxygen atoms in total. The minimum absolute atomic E-state index is 0.124. The number of benzene rings is 1. The molecule has 2 aromatic rings. The molecule has 1 aromatic heterocycles. The van der Waals surface area contributed by atoms with Crippen molar-refractivity contribution in [1.29, 1.82) is 0 Å². The quantitative estimate of drug-likeness (QED) is 0.526. The zero-order valence-corrected chi connectivity index (χ0v) is 16.8. The molecular formula is C21H26F3N3O3. The van der Waals surface area contributed by atoms with Gasteiger partial charge < -0.3 is 20.1 Å². The summed E-state index contributed by atoms with van der Waals surface area (Å²) in [5, 5.41) is 5.49. The van der Waals surface area contributed by atoms with Gasteiger partial charge in [-0.1, -0.05) is 43.7 Å². The number of carbonyl (C=O) groups is 1. The summed E-state index contributed by atoms with van der Waals surface area (Å²) >= 11 is 0. The molecule has 0 unspecified atom stereocenters. The van der Waals surface area contributed by atoms with Gasteiger partial charge in [-0.15, -0.1) is 0 Å². The fourth-order valence-electron chi connectivity index (χ4n) is 2.46. The van der Waals surface area contributed by atoms with Gasteiger partial charge in [-0.3, -0.25) is 0 Å². The molecule has 0 aliphatic carbocycles. The molecule has 0 aliphatic heterocycles. The van der Waals surface area contributed by atoms with E-state index in [2.05, 4.69) is 27.3 Å². The zero-order valence-electron chi connectivity index (χ0n) is 16.8. The molecule has 0 fully saturated rings. The number of hydrogen-bond donors (Lipinski definition) is 2. The minimum atomic E-state index is -4.34. The number of hydrogen-bond acceptors (Lipinski definition) is 4. The lowest BCUT2D eigenvalue weighted by Gasteiger charge is -2.12. The Bertz CT molecular complexity index is 783. The predicted octanol–water partition coefficient (Wildman–Crippen LogP) is 4.34. The van der Waals surface area contributed by atoms with E-state index in [0.29, 0.717) is 18.1 Å². The molecule has 0 aliphatic rings. The molecule has 164 valence electrons. The van der Waals surface area contributed by atoms with Gasteiger partial charge >= 0.3 is 12.2 Å². The van der Waals surface area contributed by atoms with E-state index in [1.807, 2.05) is 6.07 Å². The fourth-order valence-corrected chi connectivity index (χ4v) is 2.46. The number of nitrogens with zero attached hydrogens (tertiary/aromatic N) is 1. The Morgan fingerprint density at radius 1 is 1.07 bits per heavy atom. The van der Waals surface area contributed by atoms with Gasteiger partial charge in [0, 0.05) is 24.8 Å². The second-order valence-electron chi connectivity index (χ2n) is 6.63. The normalized spacial score (nSPS) is 11.2. The van der Waals surface area contributed by atoms with Crippen LogP contribution < -0.4 is 15.4 Å². The van der Waals surface area contributed by atoms with Crippen LogP contribution in [0.25, 0.3) is 0 Å². The van der Waals surface area contributed by atoms with E-state index >= 15 is 0 Å². The smallest absolute Gasteiger partial charge is 0.411 e. The number of halogens is 3. The SMILES string of the molecule is CCCCOc1ncccc1CNC(=O)NCc1ccc(COCC(F)(F)F)cc1. The summed E-state index contributed by atoms with van der Waals surface area (Å²) in [7, 11) is 0. The van der Waals surface area contributed by atoms with Crippen molar-refractivity contribution in [2.24, 2.45) is 0 Å². The van der Waals surface area contributed by atoms with Crippen LogP contribution in [0, 0.1) is 0 Å². The average molecular weight is 425 g/mol. The number of carbonyl (C=O) groups excluding carboxylic acids is 1. The first-order valence-electron chi connectivity index (χ1n) is 9.68. The van der Waals surface area contributed by atoms with Crippen LogP contribution in [0.1, 0.15) is 36.5 Å². The number of nitrogens with one attached hydrogen (secondary N) is 2. The second kappa shape index (κ2) is 12.0. The Labute approximate surface area is 173 Å². The van der Waals surface area contributed by atoms with E-state index in [1.54, 1.807) is 36.5 Å². The van der Waals surface area contributed by atoms with Gasteiger partial charge in [0.15, 0.2) is 0 Å². The molecule has 1 heterocycles. The van der Waals surface area contributed by atoms with Crippen molar-refractivity contribution in [3.63, 3.8) is 0 Å². The van der Waals surface area contributed by atoms with E-state index in [0.717, 1.165) is 24.0 Å². The molecule has 0 radical (unpaired) electrons. The van der Waals surface area contributed by atoms with Crippen LogP contribution in [0.15, 0.2) is 42.6 Å². The average Bonchev–Trinajstić information content (AvgIpc) is 2.72. The topological polar surface area (TPSA) is 72.5 Å². The van der Waals surface area contributed by atoms with Gasteiger partial charge in [-0.2, -0.15) is 13.2 Å². The Morgan fingerprint density at radius 3 is 2.47 bits per heavy atom. The molecule has 2 amide bonds. The third-order valence-electron chi connectivity index (χ3n) is 4.04. The summed E-state index contributed by atoms with van der Waals surface area (Å²) in [5.41, 5.74) is 2.22. The highest BCUT2D eigenvalue weighted by molar-refractivity contribution is 5.73. The van der Waals surface area contributed by atoms with Crippen LogP contribution in [-0.2, 0) is 24.4 Å². The largest absolute Gasteiger partial charge is 0.477 e. The first kappa shape index (κ1) is 23.5. The highest BCUT2D eigenvalue weighted by Gasteiger charge is 2.27. The molecule has 0 bridgehead atoms. The third-order valence-corrected chi connectivity index (χ3v) is 4.04. The number of pyridine rings is 1. The first-order chi connectivity index (χ1) is 14.4. The fraction of sp³-hybridized carbons (Fsp3) is 0.429. The minimum Gasteiger partial charge on any atom is -0.477 e. The second-order valence-corrected chi connectivity index (χ2v) is 6.63. The molecule has 2 N–H and O–H groups in total. The number of unbranched alkanes of at least 4 members (excludes halogenated alkanes) is 1. The van der Waals surface area contributed by atoms with Gasteiger partial charge in [-0.25, -0.2) is 9.78 Å². The molecule has 0 saturated carbocycles. The van der Waals surface area contributed by atoms with Crippen LogP contribution in [0.3, 0.4) is 0 Å². The lowest BCUT2D eigenvalue weighted by atomic mass is 10.1. The van der Waals surface area contributed by atoms with E-state index < -0.39 is 12.8 Å². The molecule has 0 spiro atoms. The Kier molecular flexibility index (Phi) is 9.40. The molecule has 30 heavy (non-hydrogen) atoms. The highest BCUT2D eigenvalue weighted by atomic mass is 19.4. The third kappa shape index (κ3) is 9.13. The number of ether oxygens (including phenoxy) is 2. The van der Waals surface area contributed by atoms with Crippen LogP contribution in [-0.4, -0.2) is 30.4 Å². The van der Waals surface area contributed by atoms with Crippen LogP contribution in [0.5, 0.6) is 5.88 Å².